The molecule has 0 bridgehead atoms. The Morgan fingerprint density at radius 3 is 2.38 bits per heavy atom. The molecule has 0 atom stereocenters. The number of hydrogen-bond donors (Lipinski definition) is 3. The maximum atomic E-state index is 11.5. The molecule has 0 aromatic carbocycles. The van der Waals surface area contributed by atoms with Crippen LogP contribution in [0, 0.1) is 5.92 Å². The zero-order valence-electron chi connectivity index (χ0n) is 14.0. The summed E-state index contributed by atoms with van der Waals surface area (Å²) >= 11 is 0. The average Bonchev–Trinajstić information content (AvgIpc) is 2.37. The molecule has 0 heterocycles. The Hall–Kier alpha value is -0.980. The number of rotatable bonds is 11. The smallest absolute Gasteiger partial charge is 0.221 e. The Kier molecular flexibility index (Phi) is 10.2. The van der Waals surface area contributed by atoms with Gasteiger partial charge in [0.25, 0.3) is 0 Å². The zero-order chi connectivity index (χ0) is 16.3. The molecule has 6 nitrogen and oxygen atoms in total. The number of nitrogens with one attached hydrogen (secondary N) is 3. The highest BCUT2D eigenvalue weighted by molar-refractivity contribution is 5.85. The first kappa shape index (κ1) is 20.0. The molecule has 0 aliphatic rings. The molecule has 1 amide bonds. The van der Waals surface area contributed by atoms with Crippen LogP contribution in [-0.4, -0.2) is 43.8 Å². The van der Waals surface area contributed by atoms with Gasteiger partial charge in [-0.3, -0.25) is 14.9 Å². The van der Waals surface area contributed by atoms with Crippen LogP contribution in [0.25, 0.3) is 0 Å². The first-order valence-corrected chi connectivity index (χ1v) is 7.55. The van der Waals surface area contributed by atoms with E-state index in [4.69, 9.17) is 4.74 Å². The van der Waals surface area contributed by atoms with Gasteiger partial charge < -0.3 is 15.4 Å². The van der Waals surface area contributed by atoms with E-state index in [-0.39, 0.29) is 29.6 Å². The summed E-state index contributed by atoms with van der Waals surface area (Å²) in [6.07, 6.45) is 0.549. The Balaban J connectivity index is 3.39. The third-order valence-electron chi connectivity index (χ3n) is 2.76. The fourth-order valence-electron chi connectivity index (χ4n) is 1.47. The summed E-state index contributed by atoms with van der Waals surface area (Å²) in [5, 5.41) is 8.96. The second-order valence-electron chi connectivity index (χ2n) is 6.38. The molecule has 0 saturated heterocycles. The van der Waals surface area contributed by atoms with Crippen LogP contribution < -0.4 is 16.0 Å². The largest absolute Gasteiger partial charge is 0.365 e. The maximum Gasteiger partial charge on any atom is 0.221 e. The highest BCUT2D eigenvalue weighted by Gasteiger charge is 2.09. The number of ketones is 1. The molecule has 3 N–H and O–H groups in total. The van der Waals surface area contributed by atoms with Crippen molar-refractivity contribution < 1.29 is 14.3 Å². The van der Waals surface area contributed by atoms with Crippen LogP contribution in [0.4, 0.5) is 0 Å². The molecular weight excluding hydrogens is 270 g/mol. The van der Waals surface area contributed by atoms with Crippen molar-refractivity contribution in [2.75, 3.05) is 26.6 Å². The Morgan fingerprint density at radius 1 is 1.14 bits per heavy atom. The van der Waals surface area contributed by atoms with Crippen molar-refractivity contribution >= 4 is 11.7 Å². The van der Waals surface area contributed by atoms with Crippen molar-refractivity contribution in [3.63, 3.8) is 0 Å². The molecule has 0 aliphatic heterocycles. The summed E-state index contributed by atoms with van der Waals surface area (Å²) in [5.74, 6) is -0.00952. The van der Waals surface area contributed by atoms with Crippen LogP contribution >= 0.6 is 0 Å². The second kappa shape index (κ2) is 10.7. The van der Waals surface area contributed by atoms with Gasteiger partial charge in [-0.05, 0) is 20.8 Å². The van der Waals surface area contributed by atoms with Gasteiger partial charge in [0.05, 0.1) is 20.0 Å². The van der Waals surface area contributed by atoms with E-state index in [0.29, 0.717) is 26.4 Å². The maximum absolute atomic E-state index is 11.5. The van der Waals surface area contributed by atoms with E-state index >= 15 is 0 Å². The first-order valence-electron chi connectivity index (χ1n) is 7.55. The fourth-order valence-corrected chi connectivity index (χ4v) is 1.47. The Labute approximate surface area is 128 Å². The average molecular weight is 301 g/mol. The topological polar surface area (TPSA) is 79.5 Å². The van der Waals surface area contributed by atoms with Crippen LogP contribution in [-0.2, 0) is 14.3 Å². The minimum absolute atomic E-state index is 0.00830. The first-order chi connectivity index (χ1) is 9.72. The number of carbonyl (C=O) groups is 2. The lowest BCUT2D eigenvalue weighted by molar-refractivity contribution is -0.126. The SMILES string of the molecule is CC(C)C(=O)CCC(=O)NCNCOCCNC(C)(C)C. The molecule has 0 aliphatic carbocycles. The van der Waals surface area contributed by atoms with Gasteiger partial charge in [0.1, 0.15) is 5.78 Å². The van der Waals surface area contributed by atoms with E-state index < -0.39 is 0 Å². The normalized spacial score (nSPS) is 11.7. The third-order valence-corrected chi connectivity index (χ3v) is 2.76. The minimum atomic E-state index is -0.120. The number of carbonyl (C=O) groups excluding carboxylic acids is 2. The number of hydrogen-bond acceptors (Lipinski definition) is 5. The van der Waals surface area contributed by atoms with Gasteiger partial charge in [0, 0.05) is 30.8 Å². The molecular formula is C15H31N3O3. The molecule has 0 fully saturated rings. The Morgan fingerprint density at radius 2 is 1.81 bits per heavy atom. The number of ether oxygens (including phenoxy) is 1. The lowest BCUT2D eigenvalue weighted by Crippen LogP contribution is -2.39. The summed E-state index contributed by atoms with van der Waals surface area (Å²) in [6.45, 7) is 12.1. The zero-order valence-corrected chi connectivity index (χ0v) is 14.0. The Bertz CT molecular complexity index is 312. The summed E-state index contributed by atoms with van der Waals surface area (Å²) in [6, 6.07) is 0. The van der Waals surface area contributed by atoms with Crippen LogP contribution in [0.2, 0.25) is 0 Å². The molecule has 0 radical (unpaired) electrons. The molecule has 0 aromatic rings. The predicted molar refractivity (Wildman–Crippen MR) is 83.8 cm³/mol. The van der Waals surface area contributed by atoms with Crippen LogP contribution in [0.15, 0.2) is 0 Å². The van der Waals surface area contributed by atoms with Gasteiger partial charge in [-0.1, -0.05) is 13.8 Å². The lowest BCUT2D eigenvalue weighted by Gasteiger charge is -2.20. The van der Waals surface area contributed by atoms with Crippen LogP contribution in [0.3, 0.4) is 0 Å². The van der Waals surface area contributed by atoms with E-state index in [0.717, 1.165) is 6.54 Å². The number of amides is 1. The fraction of sp³-hybridized carbons (Fsp3) is 0.867. The van der Waals surface area contributed by atoms with Gasteiger partial charge in [0.15, 0.2) is 0 Å². The summed E-state index contributed by atoms with van der Waals surface area (Å²) < 4.78 is 5.36. The van der Waals surface area contributed by atoms with Gasteiger partial charge >= 0.3 is 0 Å². The van der Waals surface area contributed by atoms with Crippen molar-refractivity contribution in [2.24, 2.45) is 5.92 Å². The van der Waals surface area contributed by atoms with Gasteiger partial charge in [-0.25, -0.2) is 0 Å². The van der Waals surface area contributed by atoms with Crippen LogP contribution in [0.1, 0.15) is 47.5 Å². The van der Waals surface area contributed by atoms with Gasteiger partial charge in [0.2, 0.25) is 5.91 Å². The summed E-state index contributed by atoms with van der Waals surface area (Å²) in [4.78, 5) is 22.8. The van der Waals surface area contributed by atoms with Crippen molar-refractivity contribution in [1.82, 2.24) is 16.0 Å². The highest BCUT2D eigenvalue weighted by atomic mass is 16.5. The number of Topliss-reactive ketones (excluding diaryl/α,β-unsaturated/α-hetero) is 1. The van der Waals surface area contributed by atoms with E-state index in [9.17, 15) is 9.59 Å². The lowest BCUT2D eigenvalue weighted by atomic mass is 10.0. The predicted octanol–water partition coefficient (Wildman–Crippen LogP) is 1.02. The van der Waals surface area contributed by atoms with Gasteiger partial charge in [-0.2, -0.15) is 0 Å². The molecule has 0 saturated carbocycles. The third kappa shape index (κ3) is 13.7. The van der Waals surface area contributed by atoms with Crippen molar-refractivity contribution in [3.8, 4) is 0 Å². The van der Waals surface area contributed by atoms with E-state index in [1.165, 1.54) is 0 Å². The van der Waals surface area contributed by atoms with Crippen molar-refractivity contribution in [1.29, 1.82) is 0 Å². The van der Waals surface area contributed by atoms with E-state index in [1.807, 2.05) is 13.8 Å². The molecule has 0 rings (SSSR count). The summed E-state index contributed by atoms with van der Waals surface area (Å²) in [5.41, 5.74) is 0.0954. The van der Waals surface area contributed by atoms with Gasteiger partial charge in [-0.15, -0.1) is 0 Å². The quantitative estimate of drug-likeness (QED) is 0.392. The standard InChI is InChI=1S/C15H31N3O3/c1-12(2)13(19)6-7-14(20)17-10-16-11-21-9-8-18-15(3,4)5/h12,16,18H,6-11H2,1-5H3,(H,17,20). The molecule has 0 spiro atoms. The molecule has 124 valence electrons. The minimum Gasteiger partial charge on any atom is -0.365 e. The monoisotopic (exact) mass is 301 g/mol. The molecule has 0 aromatic heterocycles. The van der Waals surface area contributed by atoms with E-state index in [1.54, 1.807) is 0 Å². The van der Waals surface area contributed by atoms with Crippen LogP contribution in [0.5, 0.6) is 0 Å². The second-order valence-corrected chi connectivity index (χ2v) is 6.38. The molecule has 6 heteroatoms. The molecule has 0 unspecified atom stereocenters. The van der Waals surface area contributed by atoms with Crippen molar-refractivity contribution in [3.05, 3.63) is 0 Å². The summed E-state index contributed by atoms with van der Waals surface area (Å²) in [7, 11) is 0. The highest BCUT2D eigenvalue weighted by Crippen LogP contribution is 2.01. The van der Waals surface area contributed by atoms with Crippen molar-refractivity contribution in [2.45, 2.75) is 53.0 Å². The molecule has 21 heavy (non-hydrogen) atoms. The van der Waals surface area contributed by atoms with E-state index in [2.05, 4.69) is 36.7 Å².